The van der Waals surface area contributed by atoms with E-state index in [1.165, 1.54) is 0 Å². The van der Waals surface area contributed by atoms with E-state index in [-0.39, 0.29) is 0 Å². The fourth-order valence-corrected chi connectivity index (χ4v) is 1.40. The summed E-state index contributed by atoms with van der Waals surface area (Å²) in [5, 5.41) is 9.56. The Kier molecular flexibility index (Phi) is 1.59. The Bertz CT molecular complexity index is 467. The Balaban J connectivity index is 2.86. The van der Waals surface area contributed by atoms with Crippen molar-refractivity contribution in [1.82, 2.24) is 9.97 Å². The molecule has 12 heavy (non-hydrogen) atoms. The molecule has 2 rings (SSSR count). The Morgan fingerprint density at radius 1 is 1.58 bits per heavy atom. The van der Waals surface area contributed by atoms with Gasteiger partial charge >= 0.3 is 0 Å². The van der Waals surface area contributed by atoms with E-state index in [0.717, 1.165) is 15.5 Å². The van der Waals surface area contributed by atoms with Crippen LogP contribution in [0.25, 0.3) is 11.0 Å². The molecule has 1 N–H and O–H groups in total. The first kappa shape index (κ1) is 7.32. The summed E-state index contributed by atoms with van der Waals surface area (Å²) in [5.74, 6) is 0. The lowest BCUT2D eigenvalue weighted by molar-refractivity contribution is 1.31. The van der Waals surface area contributed by atoms with Crippen LogP contribution in [0.5, 0.6) is 0 Å². The van der Waals surface area contributed by atoms with Crippen molar-refractivity contribution in [1.29, 1.82) is 5.26 Å². The summed E-state index contributed by atoms with van der Waals surface area (Å²) in [6.45, 7) is 0. The van der Waals surface area contributed by atoms with Crippen LogP contribution in [0.3, 0.4) is 0 Å². The third-order valence-electron chi connectivity index (χ3n) is 1.62. The quantitative estimate of drug-likeness (QED) is 0.742. The Morgan fingerprint density at radius 2 is 2.42 bits per heavy atom. The van der Waals surface area contributed by atoms with E-state index < -0.39 is 0 Å². The summed E-state index contributed by atoms with van der Waals surface area (Å²) in [4.78, 5) is 7.01. The van der Waals surface area contributed by atoms with Gasteiger partial charge in [0.1, 0.15) is 11.7 Å². The Labute approximate surface area is 77.2 Å². The minimum absolute atomic E-state index is 0.624. The number of nitriles is 1. The van der Waals surface area contributed by atoms with Crippen molar-refractivity contribution in [2.24, 2.45) is 0 Å². The second-order valence-electron chi connectivity index (χ2n) is 2.36. The largest absolute Gasteiger partial charge is 0.345 e. The molecule has 2 aromatic rings. The number of aromatic nitrogens is 2. The molecule has 0 atom stereocenters. The van der Waals surface area contributed by atoms with E-state index in [4.69, 9.17) is 5.26 Å². The van der Waals surface area contributed by atoms with Gasteiger partial charge in [-0.15, -0.1) is 0 Å². The van der Waals surface area contributed by atoms with E-state index in [1.54, 1.807) is 12.4 Å². The summed E-state index contributed by atoms with van der Waals surface area (Å²) < 4.78 is 0.881. The average Bonchev–Trinajstić information content (AvgIpc) is 2.46. The third kappa shape index (κ3) is 0.990. The lowest BCUT2D eigenvalue weighted by Gasteiger charge is -1.89. The van der Waals surface area contributed by atoms with Crippen LogP contribution in [0.4, 0.5) is 0 Å². The lowest BCUT2D eigenvalue weighted by atomic mass is 10.2. The molecule has 0 amide bonds. The summed E-state index contributed by atoms with van der Waals surface area (Å²) in [6, 6.07) is 3.96. The zero-order chi connectivity index (χ0) is 8.55. The summed E-state index contributed by atoms with van der Waals surface area (Å²) >= 11 is 3.29. The van der Waals surface area contributed by atoms with Gasteiger partial charge in [0.15, 0.2) is 0 Å². The van der Waals surface area contributed by atoms with Crippen molar-refractivity contribution in [2.45, 2.75) is 0 Å². The number of aromatic amines is 1. The van der Waals surface area contributed by atoms with Gasteiger partial charge in [0, 0.05) is 22.3 Å². The van der Waals surface area contributed by atoms with Crippen molar-refractivity contribution >= 4 is 27.0 Å². The van der Waals surface area contributed by atoms with Crippen molar-refractivity contribution in [3.8, 4) is 6.07 Å². The number of H-pyrrole nitrogens is 1. The fourth-order valence-electron chi connectivity index (χ4n) is 1.07. The molecule has 0 aromatic carbocycles. The molecule has 0 unspecified atom stereocenters. The summed E-state index contributed by atoms with van der Waals surface area (Å²) in [6.07, 6.45) is 3.35. The first-order chi connectivity index (χ1) is 5.81. The van der Waals surface area contributed by atoms with E-state index in [0.29, 0.717) is 5.56 Å². The molecule has 0 bridgehead atoms. The standard InChI is InChI=1S/C8H4BrN3/c9-6-1-7-5(2-10)3-11-8(7)12-4-6/h1,3-4H,(H,11,12). The highest BCUT2D eigenvalue weighted by atomic mass is 79.9. The Morgan fingerprint density at radius 3 is 3.17 bits per heavy atom. The highest BCUT2D eigenvalue weighted by Crippen LogP contribution is 2.19. The normalized spacial score (nSPS) is 10.0. The molecule has 0 fully saturated rings. The number of pyridine rings is 1. The molecule has 58 valence electrons. The first-order valence-corrected chi connectivity index (χ1v) is 4.13. The van der Waals surface area contributed by atoms with Crippen LogP contribution in [0, 0.1) is 11.3 Å². The van der Waals surface area contributed by atoms with E-state index in [1.807, 2.05) is 6.07 Å². The lowest BCUT2D eigenvalue weighted by Crippen LogP contribution is -1.75. The topological polar surface area (TPSA) is 52.5 Å². The maximum absolute atomic E-state index is 8.70. The van der Waals surface area contributed by atoms with Gasteiger partial charge in [-0.3, -0.25) is 0 Å². The molecular weight excluding hydrogens is 218 g/mol. The molecule has 3 nitrogen and oxygen atoms in total. The highest BCUT2D eigenvalue weighted by molar-refractivity contribution is 9.10. The molecular formula is C8H4BrN3. The fraction of sp³-hybridized carbons (Fsp3) is 0. The van der Waals surface area contributed by atoms with Gasteiger partial charge in [0.2, 0.25) is 0 Å². The molecule has 0 aliphatic heterocycles. The van der Waals surface area contributed by atoms with Gasteiger partial charge in [-0.25, -0.2) is 4.98 Å². The van der Waals surface area contributed by atoms with Gasteiger partial charge in [-0.05, 0) is 22.0 Å². The minimum Gasteiger partial charge on any atom is -0.345 e. The number of nitrogens with zero attached hydrogens (tertiary/aromatic N) is 2. The Hall–Kier alpha value is -1.34. The van der Waals surface area contributed by atoms with Crippen molar-refractivity contribution in [2.75, 3.05) is 0 Å². The van der Waals surface area contributed by atoms with Gasteiger partial charge < -0.3 is 4.98 Å². The molecule has 0 saturated carbocycles. The SMILES string of the molecule is N#Cc1c[nH]c2ncc(Br)cc12. The molecule has 2 heterocycles. The van der Waals surface area contributed by atoms with Crippen molar-refractivity contribution in [3.05, 3.63) is 28.5 Å². The van der Waals surface area contributed by atoms with Crippen LogP contribution >= 0.6 is 15.9 Å². The van der Waals surface area contributed by atoms with E-state index >= 15 is 0 Å². The average molecular weight is 222 g/mol. The smallest absolute Gasteiger partial charge is 0.138 e. The monoisotopic (exact) mass is 221 g/mol. The second-order valence-corrected chi connectivity index (χ2v) is 3.28. The molecule has 2 aromatic heterocycles. The molecule has 0 radical (unpaired) electrons. The van der Waals surface area contributed by atoms with Gasteiger partial charge in [0.05, 0.1) is 5.56 Å². The van der Waals surface area contributed by atoms with Gasteiger partial charge in [-0.2, -0.15) is 5.26 Å². The van der Waals surface area contributed by atoms with Crippen LogP contribution in [0.15, 0.2) is 22.9 Å². The number of hydrogen-bond donors (Lipinski definition) is 1. The highest BCUT2D eigenvalue weighted by Gasteiger charge is 2.03. The molecule has 4 heteroatoms. The first-order valence-electron chi connectivity index (χ1n) is 3.34. The summed E-state index contributed by atoms with van der Waals surface area (Å²) in [7, 11) is 0. The molecule has 0 aliphatic carbocycles. The van der Waals surface area contributed by atoms with Crippen LogP contribution < -0.4 is 0 Å². The molecule has 0 aliphatic rings. The van der Waals surface area contributed by atoms with Crippen molar-refractivity contribution in [3.63, 3.8) is 0 Å². The number of rotatable bonds is 0. The summed E-state index contributed by atoms with van der Waals surface area (Å²) in [5.41, 5.74) is 1.37. The van der Waals surface area contributed by atoms with E-state index in [9.17, 15) is 0 Å². The van der Waals surface area contributed by atoms with E-state index in [2.05, 4.69) is 32.0 Å². The van der Waals surface area contributed by atoms with Crippen LogP contribution in [0.2, 0.25) is 0 Å². The predicted octanol–water partition coefficient (Wildman–Crippen LogP) is 2.20. The predicted molar refractivity (Wildman–Crippen MR) is 48.5 cm³/mol. The number of hydrogen-bond acceptors (Lipinski definition) is 2. The zero-order valence-corrected chi connectivity index (χ0v) is 7.59. The van der Waals surface area contributed by atoms with Crippen LogP contribution in [0.1, 0.15) is 5.56 Å². The third-order valence-corrected chi connectivity index (χ3v) is 2.05. The van der Waals surface area contributed by atoms with Crippen molar-refractivity contribution < 1.29 is 0 Å². The van der Waals surface area contributed by atoms with Crippen LogP contribution in [-0.4, -0.2) is 9.97 Å². The number of nitrogens with one attached hydrogen (secondary N) is 1. The number of halogens is 1. The molecule has 0 spiro atoms. The minimum atomic E-state index is 0.624. The zero-order valence-electron chi connectivity index (χ0n) is 6.00. The maximum atomic E-state index is 8.70. The van der Waals surface area contributed by atoms with Crippen LogP contribution in [-0.2, 0) is 0 Å². The maximum Gasteiger partial charge on any atom is 0.138 e. The molecule has 0 saturated heterocycles. The van der Waals surface area contributed by atoms with Gasteiger partial charge in [0.25, 0.3) is 0 Å². The number of fused-ring (bicyclic) bond motifs is 1. The second kappa shape index (κ2) is 2.61. The van der Waals surface area contributed by atoms with Gasteiger partial charge in [-0.1, -0.05) is 0 Å².